The van der Waals surface area contributed by atoms with Gasteiger partial charge in [0.05, 0.1) is 6.54 Å². The Bertz CT molecular complexity index is 307. The molecule has 0 radical (unpaired) electrons. The van der Waals surface area contributed by atoms with Crippen molar-refractivity contribution in [1.82, 2.24) is 15.1 Å². The molecule has 0 aromatic rings. The van der Waals surface area contributed by atoms with Gasteiger partial charge in [0.1, 0.15) is 0 Å². The fourth-order valence-electron chi connectivity index (χ4n) is 3.71. The first-order valence-corrected chi connectivity index (χ1v) is 8.92. The molecule has 2 rings (SSSR count). The Morgan fingerprint density at radius 3 is 2.43 bits per heavy atom. The molecule has 1 saturated heterocycles. The van der Waals surface area contributed by atoms with Gasteiger partial charge in [0.2, 0.25) is 5.91 Å². The van der Waals surface area contributed by atoms with Gasteiger partial charge in [0, 0.05) is 19.1 Å². The number of piperidine rings is 1. The van der Waals surface area contributed by atoms with Gasteiger partial charge >= 0.3 is 0 Å². The minimum Gasteiger partial charge on any atom is -0.342 e. The Labute approximate surface area is 130 Å². The van der Waals surface area contributed by atoms with Crippen LogP contribution in [0.3, 0.4) is 0 Å². The molecule has 0 spiro atoms. The van der Waals surface area contributed by atoms with Crippen LogP contribution in [0.1, 0.15) is 58.3 Å². The summed E-state index contributed by atoms with van der Waals surface area (Å²) in [5.74, 6) is 0.276. The predicted molar refractivity (Wildman–Crippen MR) is 87.4 cm³/mol. The summed E-state index contributed by atoms with van der Waals surface area (Å²) in [5.41, 5.74) is 0. The number of nitrogens with zero attached hydrogens (tertiary/aromatic N) is 2. The first kappa shape index (κ1) is 16.8. The van der Waals surface area contributed by atoms with Crippen LogP contribution in [0.5, 0.6) is 0 Å². The molecule has 1 aliphatic carbocycles. The average Bonchev–Trinajstić information content (AvgIpc) is 2.54. The monoisotopic (exact) mass is 295 g/mol. The molecule has 0 atom stereocenters. The highest BCUT2D eigenvalue weighted by molar-refractivity contribution is 5.78. The molecule has 1 N–H and O–H groups in total. The van der Waals surface area contributed by atoms with Crippen molar-refractivity contribution in [1.29, 1.82) is 0 Å². The second-order valence-electron chi connectivity index (χ2n) is 6.79. The molecule has 1 heterocycles. The lowest BCUT2D eigenvalue weighted by molar-refractivity contribution is -0.131. The van der Waals surface area contributed by atoms with Gasteiger partial charge in [-0.3, -0.25) is 4.79 Å². The van der Waals surface area contributed by atoms with E-state index in [1.165, 1.54) is 71.0 Å². The molecule has 0 unspecified atom stereocenters. The molecule has 0 aromatic carbocycles. The third kappa shape index (κ3) is 5.26. The Balaban J connectivity index is 1.64. The SMILES string of the molecule is CCCN1CCC(NCC(=O)N(C)C2CCCCC2)CC1. The van der Waals surface area contributed by atoms with Gasteiger partial charge in [0.15, 0.2) is 0 Å². The minimum atomic E-state index is 0.276. The Morgan fingerprint density at radius 2 is 1.81 bits per heavy atom. The fraction of sp³-hybridized carbons (Fsp3) is 0.941. The molecular formula is C17H33N3O. The highest BCUT2D eigenvalue weighted by Crippen LogP contribution is 2.21. The van der Waals surface area contributed by atoms with Gasteiger partial charge in [-0.2, -0.15) is 0 Å². The summed E-state index contributed by atoms with van der Waals surface area (Å²) in [6, 6.07) is 1.02. The summed E-state index contributed by atoms with van der Waals surface area (Å²) < 4.78 is 0. The van der Waals surface area contributed by atoms with Gasteiger partial charge in [0.25, 0.3) is 0 Å². The van der Waals surface area contributed by atoms with E-state index in [0.717, 1.165) is 0 Å². The maximum absolute atomic E-state index is 12.3. The van der Waals surface area contributed by atoms with Crippen molar-refractivity contribution < 1.29 is 4.79 Å². The van der Waals surface area contributed by atoms with Gasteiger partial charge < -0.3 is 15.1 Å². The van der Waals surface area contributed by atoms with E-state index in [4.69, 9.17) is 0 Å². The predicted octanol–water partition coefficient (Wildman–Crippen LogP) is 2.24. The van der Waals surface area contributed by atoms with Gasteiger partial charge in [-0.25, -0.2) is 0 Å². The van der Waals surface area contributed by atoms with Crippen molar-refractivity contribution in [3.05, 3.63) is 0 Å². The number of rotatable bonds is 6. The summed E-state index contributed by atoms with van der Waals surface area (Å²) >= 11 is 0. The number of amides is 1. The van der Waals surface area contributed by atoms with E-state index in [9.17, 15) is 4.79 Å². The first-order valence-electron chi connectivity index (χ1n) is 8.92. The molecule has 4 nitrogen and oxygen atoms in total. The quantitative estimate of drug-likeness (QED) is 0.816. The number of nitrogens with one attached hydrogen (secondary N) is 1. The zero-order valence-corrected chi connectivity index (χ0v) is 13.9. The van der Waals surface area contributed by atoms with Crippen LogP contribution in [-0.4, -0.2) is 61.0 Å². The van der Waals surface area contributed by atoms with E-state index in [0.29, 0.717) is 18.6 Å². The van der Waals surface area contributed by atoms with Crippen molar-refractivity contribution in [3.8, 4) is 0 Å². The van der Waals surface area contributed by atoms with Gasteiger partial charge in [-0.1, -0.05) is 26.2 Å². The average molecular weight is 295 g/mol. The zero-order chi connectivity index (χ0) is 15.1. The first-order chi connectivity index (χ1) is 10.2. The second kappa shape index (κ2) is 8.74. The van der Waals surface area contributed by atoms with Crippen molar-refractivity contribution in [3.63, 3.8) is 0 Å². The van der Waals surface area contributed by atoms with Crippen molar-refractivity contribution in [2.45, 2.75) is 70.4 Å². The lowest BCUT2D eigenvalue weighted by Crippen LogP contribution is -2.48. The molecule has 1 aliphatic heterocycles. The summed E-state index contributed by atoms with van der Waals surface area (Å²) in [4.78, 5) is 16.8. The molecule has 0 aromatic heterocycles. The van der Waals surface area contributed by atoms with E-state index >= 15 is 0 Å². The zero-order valence-electron chi connectivity index (χ0n) is 13.9. The summed E-state index contributed by atoms with van der Waals surface area (Å²) in [7, 11) is 1.99. The third-order valence-electron chi connectivity index (χ3n) is 5.19. The molecule has 4 heteroatoms. The van der Waals surface area contributed by atoms with E-state index in [2.05, 4.69) is 17.1 Å². The maximum atomic E-state index is 12.3. The smallest absolute Gasteiger partial charge is 0.236 e. The van der Waals surface area contributed by atoms with Crippen LogP contribution < -0.4 is 5.32 Å². The number of hydrogen-bond acceptors (Lipinski definition) is 3. The molecule has 21 heavy (non-hydrogen) atoms. The molecule has 2 aliphatic rings. The van der Waals surface area contributed by atoms with E-state index in [1.807, 2.05) is 11.9 Å². The number of likely N-dealkylation sites (tertiary alicyclic amines) is 1. The van der Waals surface area contributed by atoms with Crippen LogP contribution >= 0.6 is 0 Å². The highest BCUT2D eigenvalue weighted by atomic mass is 16.2. The third-order valence-corrected chi connectivity index (χ3v) is 5.19. The van der Waals surface area contributed by atoms with E-state index < -0.39 is 0 Å². The number of carbonyl (C=O) groups is 1. The number of likely N-dealkylation sites (N-methyl/N-ethyl adjacent to an activating group) is 1. The van der Waals surface area contributed by atoms with Crippen LogP contribution in [0, 0.1) is 0 Å². The van der Waals surface area contributed by atoms with E-state index in [-0.39, 0.29) is 5.91 Å². The Kier molecular flexibility index (Phi) is 6.97. The lowest BCUT2D eigenvalue weighted by Gasteiger charge is -2.34. The number of hydrogen-bond donors (Lipinski definition) is 1. The fourth-order valence-corrected chi connectivity index (χ4v) is 3.71. The van der Waals surface area contributed by atoms with E-state index in [1.54, 1.807) is 0 Å². The molecule has 2 fully saturated rings. The highest BCUT2D eigenvalue weighted by Gasteiger charge is 2.23. The van der Waals surface area contributed by atoms with Crippen LogP contribution in [-0.2, 0) is 4.79 Å². The van der Waals surface area contributed by atoms with Crippen LogP contribution in [0.15, 0.2) is 0 Å². The molecular weight excluding hydrogens is 262 g/mol. The summed E-state index contributed by atoms with van der Waals surface area (Å²) in [6.07, 6.45) is 9.89. The molecule has 122 valence electrons. The maximum Gasteiger partial charge on any atom is 0.236 e. The van der Waals surface area contributed by atoms with Crippen molar-refractivity contribution in [2.75, 3.05) is 33.2 Å². The minimum absolute atomic E-state index is 0.276. The van der Waals surface area contributed by atoms with Crippen molar-refractivity contribution >= 4 is 5.91 Å². The molecule has 1 amide bonds. The lowest BCUT2D eigenvalue weighted by atomic mass is 9.94. The summed E-state index contributed by atoms with van der Waals surface area (Å²) in [5, 5.41) is 3.49. The summed E-state index contributed by atoms with van der Waals surface area (Å²) in [6.45, 7) is 6.34. The van der Waals surface area contributed by atoms with Gasteiger partial charge in [-0.05, 0) is 51.7 Å². The van der Waals surface area contributed by atoms with Crippen LogP contribution in [0.2, 0.25) is 0 Å². The topological polar surface area (TPSA) is 35.6 Å². The Morgan fingerprint density at radius 1 is 1.14 bits per heavy atom. The standard InChI is InChI=1S/C17H33N3O/c1-3-11-20-12-9-15(10-13-20)18-14-17(21)19(2)16-7-5-4-6-8-16/h15-16,18H,3-14H2,1-2H3. The molecule has 1 saturated carbocycles. The normalized spacial score (nSPS) is 22.4. The van der Waals surface area contributed by atoms with Crippen LogP contribution in [0.25, 0.3) is 0 Å². The van der Waals surface area contributed by atoms with Crippen LogP contribution in [0.4, 0.5) is 0 Å². The second-order valence-corrected chi connectivity index (χ2v) is 6.79. The van der Waals surface area contributed by atoms with Crippen molar-refractivity contribution in [2.24, 2.45) is 0 Å². The Hall–Kier alpha value is -0.610. The van der Waals surface area contributed by atoms with Gasteiger partial charge in [-0.15, -0.1) is 0 Å². The molecule has 0 bridgehead atoms. The largest absolute Gasteiger partial charge is 0.342 e. The number of carbonyl (C=O) groups excluding carboxylic acids is 1.